The second-order valence-corrected chi connectivity index (χ2v) is 4.92. The van der Waals surface area contributed by atoms with E-state index in [0.29, 0.717) is 12.0 Å². The van der Waals surface area contributed by atoms with Gasteiger partial charge >= 0.3 is 0 Å². The number of nitrogens with zero attached hydrogens (tertiary/aromatic N) is 2. The van der Waals surface area contributed by atoms with Crippen LogP contribution in [0.15, 0.2) is 0 Å². The summed E-state index contributed by atoms with van der Waals surface area (Å²) in [6, 6.07) is 0.626. The monoisotopic (exact) mass is 221 g/mol. The number of nitrogen functional groups attached to an aromatic ring is 1. The van der Waals surface area contributed by atoms with Gasteiger partial charge in [0.1, 0.15) is 11.6 Å². The maximum atomic E-state index is 6.24. The fourth-order valence-corrected chi connectivity index (χ4v) is 2.65. The molecule has 1 saturated carbocycles. The third-order valence-electron chi connectivity index (χ3n) is 3.67. The van der Waals surface area contributed by atoms with E-state index in [1.807, 2.05) is 0 Å². The standard InChI is InChI=1S/C12H19N3O/c1-8-14-11(9-4-6-16-7-5-9)12(13)15(8)10-2-3-10/h9-10H,2-7,13H2,1H3. The van der Waals surface area contributed by atoms with Crippen LogP contribution >= 0.6 is 0 Å². The Kier molecular flexibility index (Phi) is 2.39. The molecule has 0 spiro atoms. The summed E-state index contributed by atoms with van der Waals surface area (Å²) >= 11 is 0. The number of imidazole rings is 1. The lowest BCUT2D eigenvalue weighted by Crippen LogP contribution is -2.15. The maximum absolute atomic E-state index is 6.24. The molecule has 2 aliphatic rings. The highest BCUT2D eigenvalue weighted by Crippen LogP contribution is 2.41. The zero-order chi connectivity index (χ0) is 11.1. The van der Waals surface area contributed by atoms with Gasteiger partial charge in [0.05, 0.1) is 5.69 Å². The van der Waals surface area contributed by atoms with Gasteiger partial charge in [-0.05, 0) is 32.6 Å². The van der Waals surface area contributed by atoms with Gasteiger partial charge in [-0.25, -0.2) is 4.98 Å². The summed E-state index contributed by atoms with van der Waals surface area (Å²) in [5.74, 6) is 2.50. The molecule has 1 aliphatic carbocycles. The van der Waals surface area contributed by atoms with Gasteiger partial charge in [-0.2, -0.15) is 0 Å². The number of nitrogens with two attached hydrogens (primary N) is 1. The predicted octanol–water partition coefficient (Wildman–Crippen LogP) is 2.00. The second-order valence-electron chi connectivity index (χ2n) is 4.92. The summed E-state index contributed by atoms with van der Waals surface area (Å²) in [5, 5.41) is 0. The normalized spacial score (nSPS) is 22.6. The number of anilines is 1. The van der Waals surface area contributed by atoms with Crippen LogP contribution in [0.4, 0.5) is 5.82 Å². The van der Waals surface area contributed by atoms with Gasteiger partial charge in [-0.3, -0.25) is 0 Å². The van der Waals surface area contributed by atoms with Crippen molar-refractivity contribution in [3.63, 3.8) is 0 Å². The van der Waals surface area contributed by atoms with Crippen LogP contribution in [0.2, 0.25) is 0 Å². The van der Waals surface area contributed by atoms with Crippen LogP contribution in [0.1, 0.15) is 49.2 Å². The van der Waals surface area contributed by atoms with Crippen molar-refractivity contribution in [2.75, 3.05) is 18.9 Å². The minimum atomic E-state index is 0.507. The van der Waals surface area contributed by atoms with Gasteiger partial charge in [0.2, 0.25) is 0 Å². The van der Waals surface area contributed by atoms with Crippen molar-refractivity contribution >= 4 is 5.82 Å². The van der Waals surface area contributed by atoms with Gasteiger partial charge in [-0.1, -0.05) is 0 Å². The fraction of sp³-hybridized carbons (Fsp3) is 0.750. The molecule has 0 unspecified atom stereocenters. The average Bonchev–Trinajstić information content (AvgIpc) is 3.07. The lowest BCUT2D eigenvalue weighted by molar-refractivity contribution is 0.0847. The Labute approximate surface area is 95.8 Å². The minimum Gasteiger partial charge on any atom is -0.384 e. The third kappa shape index (κ3) is 1.61. The molecule has 1 saturated heterocycles. The van der Waals surface area contributed by atoms with Crippen molar-refractivity contribution in [2.45, 2.75) is 44.6 Å². The van der Waals surface area contributed by atoms with E-state index < -0.39 is 0 Å². The molecule has 2 N–H and O–H groups in total. The zero-order valence-electron chi connectivity index (χ0n) is 9.78. The number of aryl methyl sites for hydroxylation is 1. The van der Waals surface area contributed by atoms with E-state index in [1.54, 1.807) is 0 Å². The van der Waals surface area contributed by atoms with Crippen molar-refractivity contribution in [3.05, 3.63) is 11.5 Å². The van der Waals surface area contributed by atoms with Crippen molar-refractivity contribution in [3.8, 4) is 0 Å². The number of hydrogen-bond donors (Lipinski definition) is 1. The zero-order valence-corrected chi connectivity index (χ0v) is 9.78. The van der Waals surface area contributed by atoms with Crippen molar-refractivity contribution in [1.29, 1.82) is 0 Å². The van der Waals surface area contributed by atoms with E-state index in [1.165, 1.54) is 12.8 Å². The van der Waals surface area contributed by atoms with E-state index in [2.05, 4.69) is 16.5 Å². The Morgan fingerprint density at radius 3 is 2.56 bits per heavy atom. The van der Waals surface area contributed by atoms with Crippen LogP contribution in [0.5, 0.6) is 0 Å². The van der Waals surface area contributed by atoms with Gasteiger partial charge in [-0.15, -0.1) is 0 Å². The SMILES string of the molecule is Cc1nc(C2CCOCC2)c(N)n1C1CC1. The molecule has 1 aliphatic heterocycles. The van der Waals surface area contributed by atoms with Crippen molar-refractivity contribution < 1.29 is 4.74 Å². The lowest BCUT2D eigenvalue weighted by atomic mass is 9.96. The minimum absolute atomic E-state index is 0.507. The molecule has 2 heterocycles. The van der Waals surface area contributed by atoms with Crippen molar-refractivity contribution in [1.82, 2.24) is 9.55 Å². The highest BCUT2D eigenvalue weighted by Gasteiger charge is 2.30. The van der Waals surface area contributed by atoms with Gasteiger partial charge in [0.15, 0.2) is 0 Å². The van der Waals surface area contributed by atoms with Crippen LogP contribution in [0, 0.1) is 6.92 Å². The second kappa shape index (κ2) is 3.77. The van der Waals surface area contributed by atoms with Gasteiger partial charge in [0.25, 0.3) is 0 Å². The molecule has 0 bridgehead atoms. The molecule has 3 rings (SSSR count). The number of hydrogen-bond acceptors (Lipinski definition) is 3. The molecule has 4 heteroatoms. The van der Waals surface area contributed by atoms with Crippen LogP contribution in [-0.2, 0) is 4.74 Å². The molecule has 0 atom stereocenters. The summed E-state index contributed by atoms with van der Waals surface area (Å²) in [6.45, 7) is 3.76. The molecule has 0 amide bonds. The quantitative estimate of drug-likeness (QED) is 0.831. The van der Waals surface area contributed by atoms with Crippen LogP contribution in [0.3, 0.4) is 0 Å². The average molecular weight is 221 g/mol. The fourth-order valence-electron chi connectivity index (χ4n) is 2.65. The van der Waals surface area contributed by atoms with E-state index in [0.717, 1.165) is 43.4 Å². The molecule has 4 nitrogen and oxygen atoms in total. The highest BCUT2D eigenvalue weighted by molar-refractivity contribution is 5.42. The third-order valence-corrected chi connectivity index (χ3v) is 3.67. The van der Waals surface area contributed by atoms with Crippen LogP contribution in [-0.4, -0.2) is 22.8 Å². The summed E-state index contributed by atoms with van der Waals surface area (Å²) in [4.78, 5) is 4.68. The Morgan fingerprint density at radius 2 is 1.94 bits per heavy atom. The summed E-state index contributed by atoms with van der Waals surface area (Å²) in [7, 11) is 0. The van der Waals surface area contributed by atoms with E-state index in [-0.39, 0.29) is 0 Å². The maximum Gasteiger partial charge on any atom is 0.127 e. The first-order valence-electron chi connectivity index (χ1n) is 6.19. The first kappa shape index (κ1) is 10.1. The smallest absolute Gasteiger partial charge is 0.127 e. The van der Waals surface area contributed by atoms with Crippen LogP contribution in [0.25, 0.3) is 0 Å². The molecular formula is C12H19N3O. The molecule has 88 valence electrons. The summed E-state index contributed by atoms with van der Waals surface area (Å²) in [5.41, 5.74) is 7.35. The summed E-state index contributed by atoms with van der Waals surface area (Å²) < 4.78 is 7.61. The van der Waals surface area contributed by atoms with E-state index >= 15 is 0 Å². The summed E-state index contributed by atoms with van der Waals surface area (Å²) in [6.07, 6.45) is 4.64. The highest BCUT2D eigenvalue weighted by atomic mass is 16.5. The first-order chi connectivity index (χ1) is 7.77. The predicted molar refractivity (Wildman–Crippen MR) is 62.4 cm³/mol. The first-order valence-corrected chi connectivity index (χ1v) is 6.19. The topological polar surface area (TPSA) is 53.1 Å². The Morgan fingerprint density at radius 1 is 1.25 bits per heavy atom. The number of ether oxygens (including phenoxy) is 1. The number of rotatable bonds is 2. The van der Waals surface area contributed by atoms with Gasteiger partial charge < -0.3 is 15.0 Å². The number of aromatic nitrogens is 2. The molecule has 0 radical (unpaired) electrons. The largest absolute Gasteiger partial charge is 0.384 e. The van der Waals surface area contributed by atoms with Crippen LogP contribution < -0.4 is 5.73 Å². The molecular weight excluding hydrogens is 202 g/mol. The molecule has 1 aromatic heterocycles. The van der Waals surface area contributed by atoms with E-state index in [4.69, 9.17) is 10.5 Å². The molecule has 1 aromatic rings. The Bertz CT molecular complexity index is 389. The molecule has 16 heavy (non-hydrogen) atoms. The van der Waals surface area contributed by atoms with E-state index in [9.17, 15) is 0 Å². The van der Waals surface area contributed by atoms with Gasteiger partial charge in [0, 0.05) is 25.2 Å². The van der Waals surface area contributed by atoms with Crippen molar-refractivity contribution in [2.24, 2.45) is 0 Å². The Balaban J connectivity index is 1.91. The molecule has 0 aromatic carbocycles. The molecule has 2 fully saturated rings. The Hall–Kier alpha value is -1.03. The lowest BCUT2D eigenvalue weighted by Gasteiger charge is -2.20.